The van der Waals surface area contributed by atoms with Gasteiger partial charge in [-0.2, -0.15) is 0 Å². The Bertz CT molecular complexity index is 860. The molecule has 0 saturated heterocycles. The van der Waals surface area contributed by atoms with Gasteiger partial charge in [0, 0.05) is 19.2 Å². The molecule has 0 aliphatic rings. The summed E-state index contributed by atoms with van der Waals surface area (Å²) in [6.07, 6.45) is 3.91. The number of hydrogen-bond acceptors (Lipinski definition) is 7. The van der Waals surface area contributed by atoms with E-state index in [-0.39, 0.29) is 25.4 Å². The lowest BCUT2D eigenvalue weighted by Crippen LogP contribution is -2.04. The zero-order chi connectivity index (χ0) is 18.4. The number of nitrogens with zero attached hydrogens (tertiary/aromatic N) is 3. The predicted molar refractivity (Wildman–Crippen MR) is 93.7 cm³/mol. The summed E-state index contributed by atoms with van der Waals surface area (Å²) in [6, 6.07) is 8.89. The zero-order valence-electron chi connectivity index (χ0n) is 14.4. The Morgan fingerprint density at radius 1 is 1.23 bits per heavy atom. The number of Topliss-reactive ketones (excluding diaryl/α,β-unsaturated/α-hetero) is 1. The number of ketones is 1. The van der Waals surface area contributed by atoms with Crippen molar-refractivity contribution in [3.8, 4) is 17.1 Å². The molecular weight excluding hydrogens is 334 g/mol. The third kappa shape index (κ3) is 4.12. The van der Waals surface area contributed by atoms with Crippen LogP contribution in [0.5, 0.6) is 5.75 Å². The molecule has 0 bridgehead atoms. The quantitative estimate of drug-likeness (QED) is 0.622. The molecule has 0 aliphatic heterocycles. The van der Waals surface area contributed by atoms with E-state index in [1.54, 1.807) is 18.3 Å². The third-order valence-corrected chi connectivity index (χ3v) is 3.86. The highest BCUT2D eigenvalue weighted by Gasteiger charge is 2.16. The molecule has 1 N–H and O–H groups in total. The van der Waals surface area contributed by atoms with E-state index in [1.165, 1.54) is 6.20 Å². The SMILES string of the molecule is Cc1onc(-c2ccccn2)c1COc1ccc(C(=O)CCCO)nc1. The smallest absolute Gasteiger partial charge is 0.181 e. The van der Waals surface area contributed by atoms with Crippen molar-refractivity contribution in [3.05, 3.63) is 59.7 Å². The van der Waals surface area contributed by atoms with Crippen molar-refractivity contribution in [2.24, 2.45) is 0 Å². The van der Waals surface area contributed by atoms with Crippen molar-refractivity contribution >= 4 is 5.78 Å². The van der Waals surface area contributed by atoms with Crippen LogP contribution >= 0.6 is 0 Å². The van der Waals surface area contributed by atoms with Crippen LogP contribution in [0, 0.1) is 6.92 Å². The molecule has 0 spiro atoms. The van der Waals surface area contributed by atoms with E-state index in [0.29, 0.717) is 35.0 Å². The lowest BCUT2D eigenvalue weighted by Gasteiger charge is -2.07. The van der Waals surface area contributed by atoms with Gasteiger partial charge in [0.25, 0.3) is 0 Å². The van der Waals surface area contributed by atoms with Crippen LogP contribution in [0.25, 0.3) is 11.4 Å². The van der Waals surface area contributed by atoms with Gasteiger partial charge in [0.05, 0.1) is 17.5 Å². The Kier molecular flexibility index (Phi) is 5.70. The molecule has 0 fully saturated rings. The number of pyridine rings is 2. The van der Waals surface area contributed by atoms with Crippen LogP contribution in [0.2, 0.25) is 0 Å². The van der Waals surface area contributed by atoms with Crippen LogP contribution in [-0.4, -0.2) is 32.6 Å². The molecule has 3 rings (SSSR count). The number of aliphatic hydroxyl groups is 1. The summed E-state index contributed by atoms with van der Waals surface area (Å²) in [5.74, 6) is 1.10. The molecule has 0 saturated carbocycles. The number of aryl methyl sites for hydroxylation is 1. The Hall–Kier alpha value is -3.06. The van der Waals surface area contributed by atoms with Gasteiger partial charge in [0.15, 0.2) is 5.78 Å². The minimum atomic E-state index is -0.0992. The molecule has 0 amide bonds. The highest BCUT2D eigenvalue weighted by Crippen LogP contribution is 2.25. The zero-order valence-corrected chi connectivity index (χ0v) is 14.4. The fourth-order valence-corrected chi connectivity index (χ4v) is 2.42. The molecule has 0 radical (unpaired) electrons. The van der Waals surface area contributed by atoms with Gasteiger partial charge in [-0.1, -0.05) is 11.2 Å². The predicted octanol–water partition coefficient (Wildman–Crippen LogP) is 2.97. The van der Waals surface area contributed by atoms with Gasteiger partial charge in [-0.15, -0.1) is 0 Å². The molecule has 0 atom stereocenters. The van der Waals surface area contributed by atoms with Crippen molar-refractivity contribution in [3.63, 3.8) is 0 Å². The molecule has 3 aromatic heterocycles. The van der Waals surface area contributed by atoms with Crippen molar-refractivity contribution in [1.82, 2.24) is 15.1 Å². The van der Waals surface area contributed by atoms with E-state index in [4.69, 9.17) is 14.4 Å². The lowest BCUT2D eigenvalue weighted by molar-refractivity contribution is 0.0966. The molecule has 3 heterocycles. The van der Waals surface area contributed by atoms with Gasteiger partial charge >= 0.3 is 0 Å². The highest BCUT2D eigenvalue weighted by atomic mass is 16.5. The van der Waals surface area contributed by atoms with Gasteiger partial charge < -0.3 is 14.4 Å². The van der Waals surface area contributed by atoms with E-state index in [1.807, 2.05) is 25.1 Å². The average molecular weight is 353 g/mol. The van der Waals surface area contributed by atoms with E-state index >= 15 is 0 Å². The minimum absolute atomic E-state index is 0.0103. The number of rotatable bonds is 8. The summed E-state index contributed by atoms with van der Waals surface area (Å²) >= 11 is 0. The summed E-state index contributed by atoms with van der Waals surface area (Å²) in [4.78, 5) is 20.3. The average Bonchev–Trinajstić information content (AvgIpc) is 3.06. The van der Waals surface area contributed by atoms with E-state index in [9.17, 15) is 4.79 Å². The van der Waals surface area contributed by atoms with Gasteiger partial charge in [-0.3, -0.25) is 9.78 Å². The van der Waals surface area contributed by atoms with Crippen molar-refractivity contribution in [2.45, 2.75) is 26.4 Å². The summed E-state index contributed by atoms with van der Waals surface area (Å²) in [5, 5.41) is 12.8. The van der Waals surface area contributed by atoms with Crippen molar-refractivity contribution in [2.75, 3.05) is 6.61 Å². The summed E-state index contributed by atoms with van der Waals surface area (Å²) < 4.78 is 11.0. The maximum absolute atomic E-state index is 11.9. The number of aromatic nitrogens is 3. The second-order valence-corrected chi connectivity index (χ2v) is 5.70. The first-order valence-corrected chi connectivity index (χ1v) is 8.28. The van der Waals surface area contributed by atoms with Crippen LogP contribution in [0.3, 0.4) is 0 Å². The highest BCUT2D eigenvalue weighted by molar-refractivity contribution is 5.94. The Morgan fingerprint density at radius 3 is 2.81 bits per heavy atom. The monoisotopic (exact) mass is 353 g/mol. The molecule has 0 aliphatic carbocycles. The minimum Gasteiger partial charge on any atom is -0.487 e. The topological polar surface area (TPSA) is 98.3 Å². The number of carbonyl (C=O) groups excluding carboxylic acids is 1. The molecule has 7 nitrogen and oxygen atoms in total. The van der Waals surface area contributed by atoms with Crippen LogP contribution in [-0.2, 0) is 6.61 Å². The fraction of sp³-hybridized carbons (Fsp3) is 0.263. The first-order chi connectivity index (χ1) is 12.7. The molecule has 26 heavy (non-hydrogen) atoms. The Balaban J connectivity index is 1.68. The van der Waals surface area contributed by atoms with E-state index in [2.05, 4.69) is 15.1 Å². The largest absolute Gasteiger partial charge is 0.487 e. The van der Waals surface area contributed by atoms with E-state index < -0.39 is 0 Å². The van der Waals surface area contributed by atoms with E-state index in [0.717, 1.165) is 5.56 Å². The standard InChI is InChI=1S/C19H19N3O4/c1-13-15(19(22-26-13)17-5-2-3-9-20-17)12-25-14-7-8-16(21-11-14)18(24)6-4-10-23/h2-3,5,7-9,11,23H,4,6,10,12H2,1H3. The number of hydrogen-bond donors (Lipinski definition) is 1. The van der Waals surface area contributed by atoms with Crippen LogP contribution in [0.4, 0.5) is 0 Å². The molecular formula is C19H19N3O4. The third-order valence-electron chi connectivity index (χ3n) is 3.86. The van der Waals surface area contributed by atoms with Gasteiger partial charge in [-0.25, -0.2) is 4.98 Å². The molecule has 0 aromatic carbocycles. The second-order valence-electron chi connectivity index (χ2n) is 5.70. The van der Waals surface area contributed by atoms with Crippen LogP contribution in [0.1, 0.15) is 34.7 Å². The molecule has 3 aromatic rings. The summed E-state index contributed by atoms with van der Waals surface area (Å²) in [6.45, 7) is 2.06. The first kappa shape index (κ1) is 17.8. The first-order valence-electron chi connectivity index (χ1n) is 8.28. The summed E-state index contributed by atoms with van der Waals surface area (Å²) in [5.41, 5.74) is 2.53. The fourth-order valence-electron chi connectivity index (χ4n) is 2.42. The lowest BCUT2D eigenvalue weighted by atomic mass is 10.1. The molecule has 0 unspecified atom stereocenters. The Labute approximate surface area is 150 Å². The normalized spacial score (nSPS) is 10.7. The van der Waals surface area contributed by atoms with Crippen molar-refractivity contribution < 1.29 is 19.2 Å². The van der Waals surface area contributed by atoms with Gasteiger partial charge in [-0.05, 0) is 37.6 Å². The summed E-state index contributed by atoms with van der Waals surface area (Å²) in [7, 11) is 0. The van der Waals surface area contributed by atoms with Gasteiger partial charge in [0.2, 0.25) is 0 Å². The Morgan fingerprint density at radius 2 is 2.12 bits per heavy atom. The number of carbonyl (C=O) groups is 1. The van der Waals surface area contributed by atoms with Crippen LogP contribution < -0.4 is 4.74 Å². The van der Waals surface area contributed by atoms with Crippen molar-refractivity contribution in [1.29, 1.82) is 0 Å². The molecule has 134 valence electrons. The van der Waals surface area contributed by atoms with Gasteiger partial charge in [0.1, 0.15) is 29.5 Å². The maximum Gasteiger partial charge on any atom is 0.181 e. The van der Waals surface area contributed by atoms with Crippen LogP contribution in [0.15, 0.2) is 47.2 Å². The second kappa shape index (κ2) is 8.35. The maximum atomic E-state index is 11.9. The number of aliphatic hydroxyl groups excluding tert-OH is 1. The number of ether oxygens (including phenoxy) is 1. The molecule has 7 heteroatoms.